The Balaban J connectivity index is 1.56. The summed E-state index contributed by atoms with van der Waals surface area (Å²) in [7, 11) is 3.48. The van der Waals surface area contributed by atoms with Crippen LogP contribution in [0.4, 0.5) is 4.39 Å². The van der Waals surface area contributed by atoms with Gasteiger partial charge in [0.2, 0.25) is 0 Å². The highest BCUT2D eigenvalue weighted by atomic mass is 19.1. The zero-order valence-electron chi connectivity index (χ0n) is 15.3. The second-order valence-electron chi connectivity index (χ2n) is 6.27. The molecule has 1 N–H and O–H groups in total. The maximum Gasteiger partial charge on any atom is 0.261 e. The first-order chi connectivity index (χ1) is 13.0. The number of guanidine groups is 1. The van der Waals surface area contributed by atoms with E-state index >= 15 is 0 Å². The molecular formula is C20H21FN4O2. The van der Waals surface area contributed by atoms with Crippen LogP contribution in [0, 0.1) is 5.82 Å². The molecule has 1 aliphatic rings. The predicted octanol–water partition coefficient (Wildman–Crippen LogP) is 2.13. The van der Waals surface area contributed by atoms with E-state index in [9.17, 15) is 14.0 Å². The topological polar surface area (TPSA) is 65.0 Å². The number of nitrogens with zero attached hydrogens (tertiary/aromatic N) is 3. The van der Waals surface area contributed by atoms with Gasteiger partial charge >= 0.3 is 0 Å². The van der Waals surface area contributed by atoms with Crippen LogP contribution in [-0.2, 0) is 6.54 Å². The molecule has 1 heterocycles. The molecule has 2 amide bonds. The number of benzene rings is 2. The summed E-state index contributed by atoms with van der Waals surface area (Å²) in [5.41, 5.74) is 1.70. The highest BCUT2D eigenvalue weighted by Gasteiger charge is 2.34. The average molecular weight is 368 g/mol. The lowest BCUT2D eigenvalue weighted by atomic mass is 10.1. The minimum atomic E-state index is -0.283. The highest BCUT2D eigenvalue weighted by Crippen LogP contribution is 2.21. The Labute approximate surface area is 157 Å². The first-order valence-corrected chi connectivity index (χ1v) is 8.62. The summed E-state index contributed by atoms with van der Waals surface area (Å²) >= 11 is 0. The Morgan fingerprint density at radius 3 is 2.37 bits per heavy atom. The number of nitrogens with one attached hydrogen (secondary N) is 1. The van der Waals surface area contributed by atoms with Crippen LogP contribution < -0.4 is 5.32 Å². The molecule has 0 saturated carbocycles. The number of aliphatic imine (C=N–C) groups is 1. The minimum absolute atomic E-state index is 0.235. The predicted molar refractivity (Wildman–Crippen MR) is 101 cm³/mol. The van der Waals surface area contributed by atoms with E-state index in [1.807, 2.05) is 18.0 Å². The number of carbonyl (C=O) groups is 2. The van der Waals surface area contributed by atoms with Gasteiger partial charge in [-0.2, -0.15) is 0 Å². The number of hydrogen-bond acceptors (Lipinski definition) is 3. The first kappa shape index (κ1) is 18.6. The molecule has 0 saturated heterocycles. The molecule has 7 heteroatoms. The molecule has 27 heavy (non-hydrogen) atoms. The zero-order valence-corrected chi connectivity index (χ0v) is 15.3. The van der Waals surface area contributed by atoms with Crippen molar-refractivity contribution in [3.8, 4) is 0 Å². The first-order valence-electron chi connectivity index (χ1n) is 8.62. The molecule has 0 radical (unpaired) electrons. The van der Waals surface area contributed by atoms with Gasteiger partial charge < -0.3 is 10.2 Å². The fourth-order valence-corrected chi connectivity index (χ4v) is 3.09. The quantitative estimate of drug-likeness (QED) is 0.499. The maximum atomic E-state index is 13.3. The number of halogens is 1. The molecule has 0 spiro atoms. The fraction of sp³-hybridized carbons (Fsp3) is 0.250. The van der Waals surface area contributed by atoms with Crippen LogP contribution in [0.15, 0.2) is 53.5 Å². The molecule has 0 bridgehead atoms. The molecule has 2 aromatic carbocycles. The summed E-state index contributed by atoms with van der Waals surface area (Å²) in [6.45, 7) is 1.08. The Kier molecular flexibility index (Phi) is 5.49. The van der Waals surface area contributed by atoms with Gasteiger partial charge in [-0.25, -0.2) is 4.39 Å². The van der Waals surface area contributed by atoms with E-state index in [2.05, 4.69) is 10.3 Å². The van der Waals surface area contributed by atoms with Crippen LogP contribution >= 0.6 is 0 Å². The minimum Gasteiger partial charge on any atom is -0.354 e. The summed E-state index contributed by atoms with van der Waals surface area (Å²) in [6.07, 6.45) is 0. The lowest BCUT2D eigenvalue weighted by molar-refractivity contribution is 0.0657. The highest BCUT2D eigenvalue weighted by molar-refractivity contribution is 6.21. The Morgan fingerprint density at radius 2 is 1.78 bits per heavy atom. The van der Waals surface area contributed by atoms with Crippen molar-refractivity contribution in [2.45, 2.75) is 6.54 Å². The van der Waals surface area contributed by atoms with Gasteiger partial charge in [0.1, 0.15) is 5.82 Å². The molecule has 6 nitrogen and oxygen atoms in total. The summed E-state index contributed by atoms with van der Waals surface area (Å²) in [5, 5.41) is 3.13. The zero-order chi connectivity index (χ0) is 19.4. The summed E-state index contributed by atoms with van der Waals surface area (Å²) < 4.78 is 13.3. The summed E-state index contributed by atoms with van der Waals surface area (Å²) in [6, 6.07) is 13.2. The molecule has 0 aliphatic carbocycles. The van der Waals surface area contributed by atoms with Crippen molar-refractivity contribution in [1.29, 1.82) is 0 Å². The number of imide groups is 1. The number of rotatable bonds is 5. The van der Waals surface area contributed by atoms with E-state index in [1.165, 1.54) is 17.0 Å². The third-order valence-corrected chi connectivity index (χ3v) is 4.38. The summed E-state index contributed by atoms with van der Waals surface area (Å²) in [4.78, 5) is 32.0. The van der Waals surface area contributed by atoms with Gasteiger partial charge in [-0.1, -0.05) is 24.3 Å². The van der Waals surface area contributed by atoms with Crippen molar-refractivity contribution in [2.24, 2.45) is 4.99 Å². The van der Waals surface area contributed by atoms with Crippen molar-refractivity contribution in [3.63, 3.8) is 0 Å². The third-order valence-electron chi connectivity index (χ3n) is 4.38. The van der Waals surface area contributed by atoms with Crippen molar-refractivity contribution in [2.75, 3.05) is 27.2 Å². The van der Waals surface area contributed by atoms with E-state index in [1.54, 1.807) is 37.4 Å². The van der Waals surface area contributed by atoms with Gasteiger partial charge in [0.05, 0.1) is 11.1 Å². The maximum absolute atomic E-state index is 13.3. The van der Waals surface area contributed by atoms with Gasteiger partial charge in [0.25, 0.3) is 11.8 Å². The number of carbonyl (C=O) groups excluding carboxylic acids is 2. The monoisotopic (exact) mass is 368 g/mol. The third kappa shape index (κ3) is 3.97. The second-order valence-corrected chi connectivity index (χ2v) is 6.27. The van der Waals surface area contributed by atoms with Crippen molar-refractivity contribution >= 4 is 17.8 Å². The number of hydrogen-bond donors (Lipinski definition) is 1. The van der Waals surface area contributed by atoms with Crippen LogP contribution in [0.25, 0.3) is 0 Å². The molecule has 0 aromatic heterocycles. The lowest BCUT2D eigenvalue weighted by Crippen LogP contribution is -2.43. The molecule has 0 unspecified atom stereocenters. The van der Waals surface area contributed by atoms with E-state index in [0.29, 0.717) is 30.2 Å². The fourth-order valence-electron chi connectivity index (χ4n) is 3.09. The smallest absolute Gasteiger partial charge is 0.261 e. The largest absolute Gasteiger partial charge is 0.354 e. The average Bonchev–Trinajstić information content (AvgIpc) is 2.90. The van der Waals surface area contributed by atoms with E-state index in [4.69, 9.17) is 0 Å². The molecule has 0 atom stereocenters. The normalized spacial score (nSPS) is 13.7. The molecule has 0 fully saturated rings. The van der Waals surface area contributed by atoms with Gasteiger partial charge in [0.15, 0.2) is 5.96 Å². The Morgan fingerprint density at radius 1 is 1.11 bits per heavy atom. The van der Waals surface area contributed by atoms with E-state index in [-0.39, 0.29) is 24.2 Å². The molecule has 1 aliphatic heterocycles. The molecule has 3 rings (SSSR count). The van der Waals surface area contributed by atoms with Crippen LogP contribution in [0.3, 0.4) is 0 Å². The van der Waals surface area contributed by atoms with Crippen LogP contribution in [-0.4, -0.2) is 54.8 Å². The van der Waals surface area contributed by atoms with Crippen LogP contribution in [0.5, 0.6) is 0 Å². The standard InChI is InChI=1S/C20H21FN4O2/c1-22-20(24(2)13-14-6-5-7-15(21)12-14)23-10-11-25-18(26)16-8-3-4-9-17(16)19(25)27/h3-9,12H,10-11,13H2,1-2H3,(H,22,23). The Bertz CT molecular complexity index is 862. The molecule has 140 valence electrons. The van der Waals surface area contributed by atoms with Gasteiger partial charge in [-0.3, -0.25) is 19.5 Å². The summed E-state index contributed by atoms with van der Waals surface area (Å²) in [5.74, 6) is -0.244. The van der Waals surface area contributed by atoms with Crippen molar-refractivity contribution in [3.05, 3.63) is 71.0 Å². The Hall–Kier alpha value is -3.22. The van der Waals surface area contributed by atoms with Gasteiger partial charge in [-0.15, -0.1) is 0 Å². The van der Waals surface area contributed by atoms with Gasteiger partial charge in [0, 0.05) is 33.7 Å². The lowest BCUT2D eigenvalue weighted by Gasteiger charge is -2.23. The van der Waals surface area contributed by atoms with E-state index < -0.39 is 0 Å². The van der Waals surface area contributed by atoms with Crippen molar-refractivity contribution in [1.82, 2.24) is 15.1 Å². The molecule has 2 aromatic rings. The number of fused-ring (bicyclic) bond motifs is 1. The van der Waals surface area contributed by atoms with Crippen LogP contribution in [0.2, 0.25) is 0 Å². The van der Waals surface area contributed by atoms with E-state index in [0.717, 1.165) is 5.56 Å². The van der Waals surface area contributed by atoms with Crippen molar-refractivity contribution < 1.29 is 14.0 Å². The second kappa shape index (κ2) is 7.99. The molecular weight excluding hydrogens is 347 g/mol. The SMILES string of the molecule is CN=C(NCCN1C(=O)c2ccccc2C1=O)N(C)Cc1cccc(F)c1. The van der Waals surface area contributed by atoms with Crippen LogP contribution in [0.1, 0.15) is 26.3 Å². The number of amides is 2. The van der Waals surface area contributed by atoms with Gasteiger partial charge in [-0.05, 0) is 29.8 Å².